The lowest BCUT2D eigenvalue weighted by molar-refractivity contribution is 0.211. The molecular weight excluding hydrogens is 342 g/mol. The molecule has 1 aliphatic heterocycles. The Morgan fingerprint density at radius 3 is 2.88 bits per heavy atom. The first kappa shape index (κ1) is 17.3. The standard InChI is InChI=1S/C18H22ClN3OS/c1-14-5-6-15(12-17(14)19)20-18(23)22-8-3-7-21(9-10-22)13-16-4-2-11-24-16/h2,4-6,11-12H,3,7-10,13H2,1H3,(H,20,23). The molecular formula is C18H22ClN3OS. The molecule has 2 aromatic rings. The molecule has 4 nitrogen and oxygen atoms in total. The van der Waals surface area contributed by atoms with Gasteiger partial charge in [0.2, 0.25) is 0 Å². The summed E-state index contributed by atoms with van der Waals surface area (Å²) in [6.45, 7) is 6.38. The molecule has 0 bridgehead atoms. The van der Waals surface area contributed by atoms with Crippen LogP contribution in [0.2, 0.25) is 5.02 Å². The summed E-state index contributed by atoms with van der Waals surface area (Å²) in [5, 5.41) is 5.74. The maximum atomic E-state index is 12.5. The lowest BCUT2D eigenvalue weighted by Gasteiger charge is -2.22. The smallest absolute Gasteiger partial charge is 0.321 e. The van der Waals surface area contributed by atoms with Crippen molar-refractivity contribution in [3.05, 3.63) is 51.2 Å². The SMILES string of the molecule is Cc1ccc(NC(=O)N2CCCN(Cc3cccs3)CC2)cc1Cl. The fraction of sp³-hybridized carbons (Fsp3) is 0.389. The molecule has 0 atom stereocenters. The largest absolute Gasteiger partial charge is 0.323 e. The first-order chi connectivity index (χ1) is 11.6. The van der Waals surface area contributed by atoms with E-state index in [1.807, 2.05) is 24.0 Å². The summed E-state index contributed by atoms with van der Waals surface area (Å²) in [6.07, 6.45) is 0.994. The van der Waals surface area contributed by atoms with Crippen molar-refractivity contribution in [2.75, 3.05) is 31.5 Å². The van der Waals surface area contributed by atoms with Crippen LogP contribution in [0.1, 0.15) is 16.9 Å². The van der Waals surface area contributed by atoms with Crippen LogP contribution in [-0.4, -0.2) is 42.0 Å². The topological polar surface area (TPSA) is 35.6 Å². The van der Waals surface area contributed by atoms with Crippen molar-refractivity contribution >= 4 is 34.7 Å². The fourth-order valence-electron chi connectivity index (χ4n) is 2.83. The van der Waals surface area contributed by atoms with E-state index in [1.54, 1.807) is 17.4 Å². The number of anilines is 1. The van der Waals surface area contributed by atoms with Crippen LogP contribution in [0.4, 0.5) is 10.5 Å². The number of carbonyl (C=O) groups is 1. The molecule has 0 spiro atoms. The zero-order chi connectivity index (χ0) is 16.9. The predicted octanol–water partition coefficient (Wildman–Crippen LogP) is 4.45. The minimum atomic E-state index is -0.0482. The van der Waals surface area contributed by atoms with Gasteiger partial charge in [-0.2, -0.15) is 0 Å². The number of hydrogen-bond donors (Lipinski definition) is 1. The van der Waals surface area contributed by atoms with E-state index in [-0.39, 0.29) is 6.03 Å². The molecule has 1 aliphatic rings. The Hall–Kier alpha value is -1.56. The summed E-state index contributed by atoms with van der Waals surface area (Å²) in [4.78, 5) is 18.2. The highest BCUT2D eigenvalue weighted by Gasteiger charge is 2.19. The molecule has 1 saturated heterocycles. The Morgan fingerprint density at radius 2 is 2.12 bits per heavy atom. The van der Waals surface area contributed by atoms with Crippen LogP contribution < -0.4 is 5.32 Å². The van der Waals surface area contributed by atoms with E-state index in [4.69, 9.17) is 11.6 Å². The second-order valence-electron chi connectivity index (χ2n) is 6.09. The first-order valence-corrected chi connectivity index (χ1v) is 9.44. The van der Waals surface area contributed by atoms with Crippen molar-refractivity contribution < 1.29 is 4.79 Å². The van der Waals surface area contributed by atoms with Crippen molar-refractivity contribution in [3.63, 3.8) is 0 Å². The van der Waals surface area contributed by atoms with E-state index in [2.05, 4.69) is 27.7 Å². The Morgan fingerprint density at radius 1 is 1.25 bits per heavy atom. The molecule has 0 aliphatic carbocycles. The summed E-state index contributed by atoms with van der Waals surface area (Å²) < 4.78 is 0. The van der Waals surface area contributed by atoms with Crippen LogP contribution in [0.25, 0.3) is 0 Å². The summed E-state index contributed by atoms with van der Waals surface area (Å²) >= 11 is 7.91. The maximum absolute atomic E-state index is 12.5. The molecule has 1 aromatic heterocycles. The van der Waals surface area contributed by atoms with Crippen molar-refractivity contribution in [1.82, 2.24) is 9.80 Å². The third-order valence-electron chi connectivity index (χ3n) is 4.26. The van der Waals surface area contributed by atoms with Gasteiger partial charge in [-0.15, -0.1) is 11.3 Å². The van der Waals surface area contributed by atoms with Gasteiger partial charge < -0.3 is 10.2 Å². The van der Waals surface area contributed by atoms with Crippen LogP contribution in [0.5, 0.6) is 0 Å². The second kappa shape index (κ2) is 8.01. The predicted molar refractivity (Wildman–Crippen MR) is 101 cm³/mol. The summed E-state index contributed by atoms with van der Waals surface area (Å²) in [6, 6.07) is 9.82. The van der Waals surface area contributed by atoms with Gasteiger partial charge in [0, 0.05) is 48.3 Å². The zero-order valence-corrected chi connectivity index (χ0v) is 15.4. The van der Waals surface area contributed by atoms with Crippen LogP contribution in [0, 0.1) is 6.92 Å². The monoisotopic (exact) mass is 363 g/mol. The average molecular weight is 364 g/mol. The van der Waals surface area contributed by atoms with E-state index >= 15 is 0 Å². The van der Waals surface area contributed by atoms with Crippen molar-refractivity contribution in [2.24, 2.45) is 0 Å². The quantitative estimate of drug-likeness (QED) is 0.874. The molecule has 2 amide bonds. The second-order valence-corrected chi connectivity index (χ2v) is 7.53. The van der Waals surface area contributed by atoms with Crippen LogP contribution in [0.3, 0.4) is 0 Å². The molecule has 0 saturated carbocycles. The molecule has 128 valence electrons. The number of rotatable bonds is 3. The van der Waals surface area contributed by atoms with Crippen LogP contribution in [0.15, 0.2) is 35.7 Å². The van der Waals surface area contributed by atoms with Gasteiger partial charge in [0.05, 0.1) is 0 Å². The minimum absolute atomic E-state index is 0.0482. The highest BCUT2D eigenvalue weighted by atomic mass is 35.5. The highest BCUT2D eigenvalue weighted by Crippen LogP contribution is 2.20. The molecule has 1 aromatic carbocycles. The Balaban J connectivity index is 1.55. The van der Waals surface area contributed by atoms with E-state index in [0.29, 0.717) is 5.02 Å². The average Bonchev–Trinajstić information content (AvgIpc) is 2.95. The molecule has 0 unspecified atom stereocenters. The van der Waals surface area contributed by atoms with Gasteiger partial charge in [0.1, 0.15) is 0 Å². The summed E-state index contributed by atoms with van der Waals surface area (Å²) in [5.41, 5.74) is 1.75. The molecule has 1 fully saturated rings. The van der Waals surface area contributed by atoms with Gasteiger partial charge in [-0.05, 0) is 42.5 Å². The van der Waals surface area contributed by atoms with Gasteiger partial charge in [-0.1, -0.05) is 23.7 Å². The van der Waals surface area contributed by atoms with E-state index in [0.717, 1.165) is 50.4 Å². The number of benzene rings is 1. The number of amides is 2. The lowest BCUT2D eigenvalue weighted by atomic mass is 10.2. The number of aryl methyl sites for hydroxylation is 1. The van der Waals surface area contributed by atoms with Crippen molar-refractivity contribution in [1.29, 1.82) is 0 Å². The normalized spacial score (nSPS) is 16.0. The van der Waals surface area contributed by atoms with E-state index in [1.165, 1.54) is 4.88 Å². The number of nitrogens with one attached hydrogen (secondary N) is 1. The molecule has 3 rings (SSSR count). The zero-order valence-electron chi connectivity index (χ0n) is 13.8. The Kier molecular flexibility index (Phi) is 5.76. The third kappa shape index (κ3) is 4.50. The van der Waals surface area contributed by atoms with E-state index < -0.39 is 0 Å². The number of halogens is 1. The third-order valence-corrected chi connectivity index (χ3v) is 5.53. The lowest BCUT2D eigenvalue weighted by Crippen LogP contribution is -2.38. The number of hydrogen-bond acceptors (Lipinski definition) is 3. The molecule has 2 heterocycles. The molecule has 1 N–H and O–H groups in total. The van der Waals surface area contributed by atoms with Gasteiger partial charge in [-0.3, -0.25) is 4.90 Å². The first-order valence-electron chi connectivity index (χ1n) is 8.18. The maximum Gasteiger partial charge on any atom is 0.321 e. The number of carbonyl (C=O) groups excluding carboxylic acids is 1. The molecule has 0 radical (unpaired) electrons. The van der Waals surface area contributed by atoms with Gasteiger partial charge in [0.25, 0.3) is 0 Å². The molecule has 6 heteroatoms. The molecule has 24 heavy (non-hydrogen) atoms. The highest BCUT2D eigenvalue weighted by molar-refractivity contribution is 7.09. The Labute approximate surface area is 152 Å². The number of urea groups is 1. The van der Waals surface area contributed by atoms with Crippen molar-refractivity contribution in [3.8, 4) is 0 Å². The fourth-order valence-corrected chi connectivity index (χ4v) is 3.75. The van der Waals surface area contributed by atoms with Crippen LogP contribution in [-0.2, 0) is 6.54 Å². The summed E-state index contributed by atoms with van der Waals surface area (Å²) in [7, 11) is 0. The number of nitrogens with zero attached hydrogens (tertiary/aromatic N) is 2. The van der Waals surface area contributed by atoms with Crippen LogP contribution >= 0.6 is 22.9 Å². The van der Waals surface area contributed by atoms with Gasteiger partial charge in [-0.25, -0.2) is 4.79 Å². The Bertz CT molecular complexity index is 690. The minimum Gasteiger partial charge on any atom is -0.323 e. The van der Waals surface area contributed by atoms with Gasteiger partial charge in [0.15, 0.2) is 0 Å². The number of thiophene rings is 1. The summed E-state index contributed by atoms with van der Waals surface area (Å²) in [5.74, 6) is 0. The van der Waals surface area contributed by atoms with Crippen molar-refractivity contribution in [2.45, 2.75) is 19.9 Å². The van der Waals surface area contributed by atoms with E-state index in [9.17, 15) is 4.79 Å². The van der Waals surface area contributed by atoms with Gasteiger partial charge >= 0.3 is 6.03 Å².